The second kappa shape index (κ2) is 7.97. The van der Waals surface area contributed by atoms with Crippen LogP contribution in [0.5, 0.6) is 5.75 Å². The highest BCUT2D eigenvalue weighted by Gasteiger charge is 2.09. The molecule has 0 radical (unpaired) electrons. The van der Waals surface area contributed by atoms with Gasteiger partial charge in [-0.15, -0.1) is 0 Å². The number of ether oxygens (including phenoxy) is 1. The molecule has 0 bridgehead atoms. The van der Waals surface area contributed by atoms with Crippen molar-refractivity contribution in [3.8, 4) is 5.75 Å². The minimum absolute atomic E-state index is 0.129. The normalized spacial score (nSPS) is 10.7. The van der Waals surface area contributed by atoms with Gasteiger partial charge in [0.25, 0.3) is 5.56 Å². The molecule has 6 nitrogen and oxygen atoms in total. The molecule has 1 aromatic heterocycles. The zero-order valence-corrected chi connectivity index (χ0v) is 14.4. The van der Waals surface area contributed by atoms with Gasteiger partial charge < -0.3 is 10.1 Å². The molecule has 0 aliphatic rings. The van der Waals surface area contributed by atoms with Gasteiger partial charge in [0.05, 0.1) is 23.8 Å². The number of halogens is 2. The Morgan fingerprint density at radius 1 is 1.27 bits per heavy atom. The van der Waals surface area contributed by atoms with Crippen LogP contribution in [-0.2, 0) is 11.3 Å². The number of hydrogen-bond acceptors (Lipinski definition) is 4. The van der Waals surface area contributed by atoms with Crippen molar-refractivity contribution in [1.82, 2.24) is 14.9 Å². The Hall–Kier alpha value is -2.93. The SMILES string of the molecule is O=C(Cn1cnc2ccc(F)cc2c1=O)NCCOc1cccc(Cl)c1. The van der Waals surface area contributed by atoms with Gasteiger partial charge in [-0.2, -0.15) is 0 Å². The van der Waals surface area contributed by atoms with Gasteiger partial charge in [-0.05, 0) is 36.4 Å². The van der Waals surface area contributed by atoms with E-state index in [0.717, 1.165) is 10.6 Å². The second-order valence-corrected chi connectivity index (χ2v) is 5.93. The third-order valence-corrected chi connectivity index (χ3v) is 3.82. The van der Waals surface area contributed by atoms with Gasteiger partial charge in [-0.1, -0.05) is 17.7 Å². The highest BCUT2D eigenvalue weighted by molar-refractivity contribution is 6.30. The van der Waals surface area contributed by atoms with Crippen LogP contribution >= 0.6 is 11.6 Å². The lowest BCUT2D eigenvalue weighted by atomic mass is 10.2. The van der Waals surface area contributed by atoms with E-state index in [9.17, 15) is 14.0 Å². The van der Waals surface area contributed by atoms with Crippen molar-refractivity contribution >= 4 is 28.4 Å². The lowest BCUT2D eigenvalue weighted by Gasteiger charge is -2.09. The summed E-state index contributed by atoms with van der Waals surface area (Å²) >= 11 is 5.85. The molecule has 3 aromatic rings. The van der Waals surface area contributed by atoms with E-state index in [0.29, 0.717) is 16.3 Å². The standard InChI is InChI=1S/C18H15ClFN3O3/c19-12-2-1-3-14(8-12)26-7-6-21-17(24)10-23-11-22-16-5-4-13(20)9-15(16)18(23)25/h1-5,8-9,11H,6-7,10H2,(H,21,24). The lowest BCUT2D eigenvalue weighted by molar-refractivity contribution is -0.121. The van der Waals surface area contributed by atoms with E-state index in [1.165, 1.54) is 18.5 Å². The molecule has 3 rings (SSSR count). The second-order valence-electron chi connectivity index (χ2n) is 5.49. The first-order valence-corrected chi connectivity index (χ1v) is 8.20. The molecular formula is C18H15ClFN3O3. The number of nitrogens with zero attached hydrogens (tertiary/aromatic N) is 2. The summed E-state index contributed by atoms with van der Waals surface area (Å²) in [6.07, 6.45) is 1.27. The topological polar surface area (TPSA) is 73.2 Å². The van der Waals surface area contributed by atoms with Crippen LogP contribution in [0.2, 0.25) is 5.02 Å². The Labute approximate surface area is 153 Å². The number of fused-ring (bicyclic) bond motifs is 1. The van der Waals surface area contributed by atoms with Gasteiger partial charge in [0, 0.05) is 5.02 Å². The number of rotatable bonds is 6. The van der Waals surface area contributed by atoms with E-state index in [-0.39, 0.29) is 31.0 Å². The van der Waals surface area contributed by atoms with Crippen molar-refractivity contribution < 1.29 is 13.9 Å². The maximum absolute atomic E-state index is 13.3. The van der Waals surface area contributed by atoms with Crippen molar-refractivity contribution in [3.05, 3.63) is 70.0 Å². The molecule has 1 N–H and O–H groups in total. The molecule has 1 amide bonds. The molecule has 0 aliphatic carbocycles. The van der Waals surface area contributed by atoms with Crippen molar-refractivity contribution in [2.24, 2.45) is 0 Å². The summed E-state index contributed by atoms with van der Waals surface area (Å²) in [6, 6.07) is 10.7. The molecule has 2 aromatic carbocycles. The summed E-state index contributed by atoms with van der Waals surface area (Å²) in [5, 5.41) is 3.33. The smallest absolute Gasteiger partial charge is 0.261 e. The van der Waals surface area contributed by atoms with E-state index >= 15 is 0 Å². The van der Waals surface area contributed by atoms with Gasteiger partial charge in [0.2, 0.25) is 5.91 Å². The summed E-state index contributed by atoms with van der Waals surface area (Å²) in [6.45, 7) is 0.299. The van der Waals surface area contributed by atoms with Crippen LogP contribution in [0.4, 0.5) is 4.39 Å². The van der Waals surface area contributed by atoms with Gasteiger partial charge in [-0.3, -0.25) is 14.2 Å². The molecular weight excluding hydrogens is 361 g/mol. The highest BCUT2D eigenvalue weighted by Crippen LogP contribution is 2.16. The van der Waals surface area contributed by atoms with Crippen LogP contribution in [-0.4, -0.2) is 28.6 Å². The fourth-order valence-electron chi connectivity index (χ4n) is 2.37. The highest BCUT2D eigenvalue weighted by atomic mass is 35.5. The maximum atomic E-state index is 13.3. The van der Waals surface area contributed by atoms with E-state index in [1.54, 1.807) is 24.3 Å². The first-order chi connectivity index (χ1) is 12.5. The van der Waals surface area contributed by atoms with Crippen LogP contribution in [0.15, 0.2) is 53.6 Å². The molecule has 0 atom stereocenters. The number of aromatic nitrogens is 2. The van der Waals surface area contributed by atoms with Gasteiger partial charge in [0.15, 0.2) is 0 Å². The summed E-state index contributed by atoms with van der Waals surface area (Å²) in [4.78, 5) is 28.3. The number of nitrogens with one attached hydrogen (secondary N) is 1. The Balaban J connectivity index is 1.56. The van der Waals surface area contributed by atoms with Crippen LogP contribution in [0.1, 0.15) is 0 Å². The fraction of sp³-hybridized carbons (Fsp3) is 0.167. The Morgan fingerprint density at radius 3 is 2.92 bits per heavy atom. The summed E-state index contributed by atoms with van der Waals surface area (Å²) < 4.78 is 19.9. The molecule has 0 saturated carbocycles. The van der Waals surface area contributed by atoms with Crippen LogP contribution in [0.25, 0.3) is 10.9 Å². The van der Waals surface area contributed by atoms with E-state index in [1.807, 2.05) is 0 Å². The van der Waals surface area contributed by atoms with Crippen LogP contribution < -0.4 is 15.6 Å². The number of carbonyl (C=O) groups is 1. The quantitative estimate of drug-likeness (QED) is 0.671. The molecule has 0 saturated heterocycles. The number of carbonyl (C=O) groups excluding carboxylic acids is 1. The molecule has 0 spiro atoms. The fourth-order valence-corrected chi connectivity index (χ4v) is 2.55. The summed E-state index contributed by atoms with van der Waals surface area (Å²) in [5.41, 5.74) is -0.0946. The van der Waals surface area contributed by atoms with E-state index in [2.05, 4.69) is 10.3 Å². The molecule has 26 heavy (non-hydrogen) atoms. The minimum Gasteiger partial charge on any atom is -0.492 e. The molecule has 8 heteroatoms. The maximum Gasteiger partial charge on any atom is 0.261 e. The first kappa shape index (κ1) is 17.9. The van der Waals surface area contributed by atoms with Gasteiger partial charge in [-0.25, -0.2) is 9.37 Å². The number of hydrogen-bond donors (Lipinski definition) is 1. The van der Waals surface area contributed by atoms with Crippen molar-refractivity contribution in [1.29, 1.82) is 0 Å². The summed E-state index contributed by atoms with van der Waals surface area (Å²) in [7, 11) is 0. The Kier molecular flexibility index (Phi) is 5.48. The molecule has 0 aliphatic heterocycles. The predicted octanol–water partition coefficient (Wildman–Crippen LogP) is 2.38. The molecule has 0 unspecified atom stereocenters. The Morgan fingerprint density at radius 2 is 2.12 bits per heavy atom. The van der Waals surface area contributed by atoms with Crippen molar-refractivity contribution in [3.63, 3.8) is 0 Å². The molecule has 134 valence electrons. The van der Waals surface area contributed by atoms with E-state index < -0.39 is 11.4 Å². The predicted molar refractivity (Wildman–Crippen MR) is 95.9 cm³/mol. The Bertz CT molecular complexity index is 1010. The average molecular weight is 376 g/mol. The largest absolute Gasteiger partial charge is 0.492 e. The molecule has 1 heterocycles. The lowest BCUT2D eigenvalue weighted by Crippen LogP contribution is -2.34. The molecule has 0 fully saturated rings. The zero-order valence-electron chi connectivity index (χ0n) is 13.6. The van der Waals surface area contributed by atoms with E-state index in [4.69, 9.17) is 16.3 Å². The third-order valence-electron chi connectivity index (χ3n) is 3.59. The van der Waals surface area contributed by atoms with Crippen molar-refractivity contribution in [2.75, 3.05) is 13.2 Å². The summed E-state index contributed by atoms with van der Waals surface area (Å²) in [5.74, 6) is -0.306. The number of benzene rings is 2. The third kappa shape index (κ3) is 4.37. The van der Waals surface area contributed by atoms with Gasteiger partial charge >= 0.3 is 0 Å². The minimum atomic E-state index is -0.531. The average Bonchev–Trinajstić information content (AvgIpc) is 2.62. The van der Waals surface area contributed by atoms with Gasteiger partial charge in [0.1, 0.15) is 24.7 Å². The van der Waals surface area contributed by atoms with Crippen LogP contribution in [0.3, 0.4) is 0 Å². The monoisotopic (exact) mass is 375 g/mol. The van der Waals surface area contributed by atoms with Crippen molar-refractivity contribution in [2.45, 2.75) is 6.54 Å². The first-order valence-electron chi connectivity index (χ1n) is 7.83. The zero-order chi connectivity index (χ0) is 18.5. The number of amides is 1. The van der Waals surface area contributed by atoms with Crippen LogP contribution in [0, 0.1) is 5.82 Å².